The molecule has 33 heavy (non-hydrogen) atoms. The maximum absolute atomic E-state index is 6.12. The van der Waals surface area contributed by atoms with Crippen LogP contribution < -0.4 is 20.4 Å². The van der Waals surface area contributed by atoms with Gasteiger partial charge in [0.25, 0.3) is 0 Å². The first kappa shape index (κ1) is 24.6. The summed E-state index contributed by atoms with van der Waals surface area (Å²) in [6, 6.07) is 20.9. The van der Waals surface area contributed by atoms with Crippen molar-refractivity contribution in [2.75, 3.05) is 59.7 Å². The van der Waals surface area contributed by atoms with E-state index in [-0.39, 0.29) is 5.28 Å². The van der Waals surface area contributed by atoms with E-state index in [1.54, 1.807) is 0 Å². The van der Waals surface area contributed by atoms with E-state index in [9.17, 15) is 0 Å². The molecule has 0 saturated carbocycles. The number of rotatable bonds is 14. The van der Waals surface area contributed by atoms with Crippen molar-refractivity contribution in [2.24, 2.45) is 0 Å². The molecule has 1 aromatic heterocycles. The number of nitrogens with one attached hydrogen (secondary N) is 2. The number of aromatic nitrogens is 3. The lowest BCUT2D eigenvalue weighted by atomic mass is 10.2. The molecule has 0 aliphatic heterocycles. The Morgan fingerprint density at radius 3 is 1.48 bits per heavy atom. The highest BCUT2D eigenvalue weighted by atomic mass is 35.5. The van der Waals surface area contributed by atoms with Crippen molar-refractivity contribution in [3.8, 4) is 0 Å². The summed E-state index contributed by atoms with van der Waals surface area (Å²) in [6.07, 6.45) is 1.92. The summed E-state index contributed by atoms with van der Waals surface area (Å²) >= 11 is 6.12. The first-order valence-electron chi connectivity index (χ1n) is 11.7. The molecule has 0 saturated heterocycles. The zero-order chi connectivity index (χ0) is 23.3. The molecular formula is C25H34ClN7. The summed E-state index contributed by atoms with van der Waals surface area (Å²) < 4.78 is 0. The molecule has 3 rings (SSSR count). The third-order valence-electron chi connectivity index (χ3n) is 5.39. The number of para-hydroxylation sites is 2. The SMILES string of the molecule is CCN(CCCNc1nc(Cl)nc(NCCCN(CC)c2ccccc2)n1)c1ccccc1. The van der Waals surface area contributed by atoms with Crippen LogP contribution in [0.25, 0.3) is 0 Å². The van der Waals surface area contributed by atoms with E-state index in [0.717, 1.165) is 52.1 Å². The van der Waals surface area contributed by atoms with Crippen LogP contribution in [0.4, 0.5) is 23.3 Å². The summed E-state index contributed by atoms with van der Waals surface area (Å²) in [5.41, 5.74) is 2.48. The Labute approximate surface area is 202 Å². The van der Waals surface area contributed by atoms with Crippen molar-refractivity contribution in [3.63, 3.8) is 0 Å². The molecule has 2 aromatic carbocycles. The highest BCUT2D eigenvalue weighted by molar-refractivity contribution is 6.28. The number of nitrogens with zero attached hydrogens (tertiary/aromatic N) is 5. The molecule has 7 nitrogen and oxygen atoms in total. The molecule has 0 fully saturated rings. The average Bonchev–Trinajstić information content (AvgIpc) is 2.85. The molecule has 1 heterocycles. The summed E-state index contributed by atoms with van der Waals surface area (Å²) in [5, 5.41) is 6.74. The normalized spacial score (nSPS) is 10.6. The van der Waals surface area contributed by atoms with E-state index in [0.29, 0.717) is 11.9 Å². The predicted molar refractivity (Wildman–Crippen MR) is 140 cm³/mol. The first-order valence-corrected chi connectivity index (χ1v) is 12.1. The second kappa shape index (κ2) is 13.5. The first-order chi connectivity index (χ1) is 16.2. The lowest BCUT2D eigenvalue weighted by molar-refractivity contribution is 0.761. The van der Waals surface area contributed by atoms with Gasteiger partial charge in [0.2, 0.25) is 17.2 Å². The van der Waals surface area contributed by atoms with Crippen molar-refractivity contribution in [1.29, 1.82) is 0 Å². The molecule has 0 atom stereocenters. The highest BCUT2D eigenvalue weighted by Crippen LogP contribution is 2.15. The van der Waals surface area contributed by atoms with Crippen LogP contribution in [0.2, 0.25) is 5.28 Å². The van der Waals surface area contributed by atoms with Crippen molar-refractivity contribution in [1.82, 2.24) is 15.0 Å². The fraction of sp³-hybridized carbons (Fsp3) is 0.400. The minimum absolute atomic E-state index is 0.189. The van der Waals surface area contributed by atoms with E-state index in [1.165, 1.54) is 11.4 Å². The van der Waals surface area contributed by atoms with Crippen LogP contribution >= 0.6 is 11.6 Å². The van der Waals surface area contributed by atoms with Crippen molar-refractivity contribution in [2.45, 2.75) is 26.7 Å². The van der Waals surface area contributed by atoms with Gasteiger partial charge in [-0.1, -0.05) is 36.4 Å². The zero-order valence-electron chi connectivity index (χ0n) is 19.5. The van der Waals surface area contributed by atoms with Gasteiger partial charge in [0.15, 0.2) is 0 Å². The van der Waals surface area contributed by atoms with Crippen LogP contribution in [-0.4, -0.2) is 54.2 Å². The van der Waals surface area contributed by atoms with Gasteiger partial charge in [-0.25, -0.2) is 0 Å². The van der Waals surface area contributed by atoms with Crippen LogP contribution in [0.5, 0.6) is 0 Å². The average molecular weight is 468 g/mol. The molecule has 176 valence electrons. The van der Waals surface area contributed by atoms with Gasteiger partial charge in [-0.15, -0.1) is 0 Å². The van der Waals surface area contributed by atoms with E-state index in [1.807, 2.05) is 12.1 Å². The largest absolute Gasteiger partial charge is 0.372 e. The lowest BCUT2D eigenvalue weighted by Crippen LogP contribution is -2.26. The number of hydrogen-bond acceptors (Lipinski definition) is 7. The van der Waals surface area contributed by atoms with Gasteiger partial charge in [-0.3, -0.25) is 0 Å². The molecule has 0 aliphatic rings. The molecule has 0 aliphatic carbocycles. The molecule has 0 spiro atoms. The van der Waals surface area contributed by atoms with Gasteiger partial charge < -0.3 is 20.4 Å². The van der Waals surface area contributed by atoms with Crippen LogP contribution in [0.1, 0.15) is 26.7 Å². The number of halogens is 1. The number of benzene rings is 2. The van der Waals surface area contributed by atoms with Crippen LogP contribution in [0.15, 0.2) is 60.7 Å². The molecule has 8 heteroatoms. The molecule has 0 amide bonds. The van der Waals surface area contributed by atoms with E-state index in [4.69, 9.17) is 11.6 Å². The summed E-state index contributed by atoms with van der Waals surface area (Å²) in [7, 11) is 0. The Balaban J connectivity index is 1.42. The number of anilines is 4. The monoisotopic (exact) mass is 467 g/mol. The zero-order valence-corrected chi connectivity index (χ0v) is 20.3. The topological polar surface area (TPSA) is 69.2 Å². The predicted octanol–water partition coefficient (Wildman–Crippen LogP) is 5.18. The van der Waals surface area contributed by atoms with Gasteiger partial charge in [0.05, 0.1) is 0 Å². The maximum Gasteiger partial charge on any atom is 0.228 e. The van der Waals surface area contributed by atoms with Crippen molar-refractivity contribution < 1.29 is 0 Å². The van der Waals surface area contributed by atoms with Crippen molar-refractivity contribution >= 4 is 34.9 Å². The number of hydrogen-bond donors (Lipinski definition) is 2. The van der Waals surface area contributed by atoms with E-state index < -0.39 is 0 Å². The van der Waals surface area contributed by atoms with Gasteiger partial charge in [-0.2, -0.15) is 15.0 Å². The molecule has 2 N–H and O–H groups in total. The minimum Gasteiger partial charge on any atom is -0.372 e. The summed E-state index contributed by atoms with van der Waals surface area (Å²) in [5.74, 6) is 0.999. The Morgan fingerprint density at radius 2 is 1.09 bits per heavy atom. The smallest absolute Gasteiger partial charge is 0.228 e. The lowest BCUT2D eigenvalue weighted by Gasteiger charge is -2.23. The fourth-order valence-electron chi connectivity index (χ4n) is 3.67. The summed E-state index contributed by atoms with van der Waals surface area (Å²) in [6.45, 7) is 9.69. The van der Waals surface area contributed by atoms with Gasteiger partial charge >= 0.3 is 0 Å². The molecule has 3 aromatic rings. The molecule has 0 radical (unpaired) electrons. The quantitative estimate of drug-likeness (QED) is 0.316. The van der Waals surface area contributed by atoms with E-state index in [2.05, 4.69) is 97.8 Å². The van der Waals surface area contributed by atoms with Crippen LogP contribution in [0.3, 0.4) is 0 Å². The second-order valence-electron chi connectivity index (χ2n) is 7.64. The minimum atomic E-state index is 0.189. The Kier molecular flexibility index (Phi) is 10.0. The molecule has 0 bridgehead atoms. The third-order valence-corrected chi connectivity index (χ3v) is 5.56. The molecule has 0 unspecified atom stereocenters. The van der Waals surface area contributed by atoms with Crippen LogP contribution in [-0.2, 0) is 0 Å². The van der Waals surface area contributed by atoms with Gasteiger partial charge in [0, 0.05) is 50.6 Å². The van der Waals surface area contributed by atoms with Gasteiger partial charge in [0.1, 0.15) is 0 Å². The third kappa shape index (κ3) is 8.09. The molecular weight excluding hydrogens is 434 g/mol. The van der Waals surface area contributed by atoms with Gasteiger partial charge in [-0.05, 0) is 62.6 Å². The Morgan fingerprint density at radius 1 is 0.667 bits per heavy atom. The fourth-order valence-corrected chi connectivity index (χ4v) is 3.83. The Bertz CT molecular complexity index is 866. The second-order valence-corrected chi connectivity index (χ2v) is 7.98. The Hall–Kier alpha value is -3.06. The standard InChI is InChI=1S/C25H34ClN7/c1-3-32(21-13-7-5-8-14-21)19-11-17-27-24-29-23(26)30-25(31-24)28-18-12-20-33(4-2)22-15-9-6-10-16-22/h5-10,13-16H,3-4,11-12,17-20H2,1-2H3,(H2,27,28,29,30,31). The van der Waals surface area contributed by atoms with Crippen molar-refractivity contribution in [3.05, 3.63) is 65.9 Å². The van der Waals surface area contributed by atoms with Crippen LogP contribution in [0, 0.1) is 0 Å². The maximum atomic E-state index is 6.12. The highest BCUT2D eigenvalue weighted by Gasteiger charge is 2.07. The van der Waals surface area contributed by atoms with E-state index >= 15 is 0 Å². The summed E-state index contributed by atoms with van der Waals surface area (Å²) in [4.78, 5) is 17.6.